The monoisotopic (exact) mass is 405 g/mol. The van der Waals surface area contributed by atoms with E-state index in [-0.39, 0.29) is 13.0 Å². The maximum Gasteiger partial charge on any atom is 0.321 e. The lowest BCUT2D eigenvalue weighted by molar-refractivity contribution is -0.142. The Balaban J connectivity index is 2.21. The summed E-state index contributed by atoms with van der Waals surface area (Å²) < 4.78 is 6.57. The summed E-state index contributed by atoms with van der Waals surface area (Å²) >= 11 is 1.14. The van der Waals surface area contributed by atoms with Gasteiger partial charge in [0, 0.05) is 13.6 Å². The number of hydrogen-bond acceptors (Lipinski definition) is 7. The molecule has 0 aliphatic heterocycles. The first-order valence-corrected chi connectivity index (χ1v) is 9.68. The Morgan fingerprint density at radius 1 is 1.18 bits per heavy atom. The number of imide groups is 1. The summed E-state index contributed by atoms with van der Waals surface area (Å²) in [7, 11) is 1.71. The van der Waals surface area contributed by atoms with Crippen LogP contribution in [0.1, 0.15) is 30.5 Å². The van der Waals surface area contributed by atoms with Crippen molar-refractivity contribution in [2.24, 2.45) is 7.05 Å². The summed E-state index contributed by atoms with van der Waals surface area (Å²) in [5, 5.41) is 12.7. The molecule has 0 unspecified atom stereocenters. The summed E-state index contributed by atoms with van der Waals surface area (Å²) in [6.45, 7) is 4.18. The Morgan fingerprint density at radius 3 is 2.54 bits per heavy atom. The van der Waals surface area contributed by atoms with E-state index in [2.05, 4.69) is 20.8 Å². The van der Waals surface area contributed by atoms with Crippen LogP contribution in [0.2, 0.25) is 0 Å². The predicted molar refractivity (Wildman–Crippen MR) is 104 cm³/mol. The van der Waals surface area contributed by atoms with Crippen molar-refractivity contribution in [2.75, 3.05) is 13.2 Å². The zero-order valence-electron chi connectivity index (χ0n) is 16.0. The van der Waals surface area contributed by atoms with Gasteiger partial charge in [-0.25, -0.2) is 4.79 Å². The Morgan fingerprint density at radius 2 is 1.89 bits per heavy atom. The number of carbonyl (C=O) groups is 3. The van der Waals surface area contributed by atoms with Gasteiger partial charge in [0.1, 0.15) is 17.5 Å². The highest BCUT2D eigenvalue weighted by atomic mass is 32.2. The van der Waals surface area contributed by atoms with Crippen LogP contribution in [0, 0.1) is 0 Å². The van der Waals surface area contributed by atoms with Crippen molar-refractivity contribution in [3.8, 4) is 0 Å². The molecule has 9 nitrogen and oxygen atoms in total. The molecule has 0 radical (unpaired) electrons. The van der Waals surface area contributed by atoms with E-state index in [0.29, 0.717) is 23.1 Å². The first-order valence-electron chi connectivity index (χ1n) is 8.80. The molecular formula is C18H23N5O4S. The van der Waals surface area contributed by atoms with E-state index in [1.807, 2.05) is 18.2 Å². The number of esters is 1. The second-order valence-electron chi connectivity index (χ2n) is 5.70. The van der Waals surface area contributed by atoms with Gasteiger partial charge in [0.05, 0.1) is 6.61 Å². The minimum Gasteiger partial charge on any atom is -0.466 e. The first-order chi connectivity index (χ1) is 13.5. The Labute approximate surface area is 167 Å². The summed E-state index contributed by atoms with van der Waals surface area (Å²) in [5.74, 6) is -0.447. The maximum atomic E-state index is 12.7. The molecule has 1 atom stereocenters. The number of nitrogens with one attached hydrogen (secondary N) is 2. The molecule has 0 aliphatic carbocycles. The van der Waals surface area contributed by atoms with Gasteiger partial charge in [-0.05, 0) is 19.4 Å². The van der Waals surface area contributed by atoms with Crippen molar-refractivity contribution in [1.29, 1.82) is 0 Å². The zero-order chi connectivity index (χ0) is 20.5. The molecule has 0 saturated heterocycles. The third-order valence-electron chi connectivity index (χ3n) is 3.67. The van der Waals surface area contributed by atoms with E-state index in [1.54, 1.807) is 37.6 Å². The maximum absolute atomic E-state index is 12.7. The van der Waals surface area contributed by atoms with Crippen LogP contribution in [0.15, 0.2) is 35.5 Å². The van der Waals surface area contributed by atoms with Gasteiger partial charge in [0.15, 0.2) is 5.16 Å². The fraction of sp³-hybridized carbons (Fsp3) is 0.389. The van der Waals surface area contributed by atoms with Gasteiger partial charge in [0.2, 0.25) is 5.91 Å². The molecule has 2 N–H and O–H groups in total. The Hall–Kier alpha value is -2.88. The van der Waals surface area contributed by atoms with Crippen molar-refractivity contribution >= 4 is 29.7 Å². The number of nitrogens with zero attached hydrogens (tertiary/aromatic N) is 3. The molecule has 3 amide bonds. The molecule has 2 aromatic rings. The van der Waals surface area contributed by atoms with Crippen LogP contribution in [0.25, 0.3) is 0 Å². The van der Waals surface area contributed by atoms with Crippen LogP contribution >= 0.6 is 11.8 Å². The highest BCUT2D eigenvalue weighted by molar-refractivity contribution is 8.00. The lowest BCUT2D eigenvalue weighted by atomic mass is 10.1. The number of carbonyl (C=O) groups excluding carboxylic acids is 3. The molecule has 0 aliphatic rings. The molecular weight excluding hydrogens is 382 g/mol. The van der Waals surface area contributed by atoms with E-state index in [9.17, 15) is 14.4 Å². The van der Waals surface area contributed by atoms with E-state index < -0.39 is 23.2 Å². The molecule has 150 valence electrons. The summed E-state index contributed by atoms with van der Waals surface area (Å²) in [6, 6.07) is 8.49. The van der Waals surface area contributed by atoms with Gasteiger partial charge in [-0.3, -0.25) is 14.9 Å². The predicted octanol–water partition coefficient (Wildman–Crippen LogP) is 1.60. The van der Waals surface area contributed by atoms with Crippen molar-refractivity contribution in [3.63, 3.8) is 0 Å². The smallest absolute Gasteiger partial charge is 0.321 e. The molecule has 0 bridgehead atoms. The van der Waals surface area contributed by atoms with E-state index >= 15 is 0 Å². The van der Waals surface area contributed by atoms with Crippen molar-refractivity contribution in [2.45, 2.75) is 30.7 Å². The lowest BCUT2D eigenvalue weighted by Crippen LogP contribution is -2.41. The summed E-state index contributed by atoms with van der Waals surface area (Å²) in [6.07, 6.45) is -0.0149. The largest absolute Gasteiger partial charge is 0.466 e. The van der Waals surface area contributed by atoms with Crippen LogP contribution in [0.5, 0.6) is 0 Å². The van der Waals surface area contributed by atoms with E-state index in [4.69, 9.17) is 4.74 Å². The fourth-order valence-corrected chi connectivity index (χ4v) is 3.35. The summed E-state index contributed by atoms with van der Waals surface area (Å²) in [5.41, 5.74) is 0.712. The average Bonchev–Trinajstić information content (AvgIpc) is 3.00. The number of rotatable bonds is 8. The van der Waals surface area contributed by atoms with Crippen LogP contribution < -0.4 is 10.6 Å². The highest BCUT2D eigenvalue weighted by Gasteiger charge is 2.26. The molecule has 0 saturated carbocycles. The molecule has 0 fully saturated rings. The quantitative estimate of drug-likeness (QED) is 0.506. The number of benzene rings is 1. The molecule has 1 aromatic heterocycles. The molecule has 28 heavy (non-hydrogen) atoms. The SMILES string of the molecule is CCNC(=O)NC(=O)[C@@H](Sc1nnc(CC(=O)OCC)n1C)c1ccccc1. The van der Waals surface area contributed by atoms with Crippen LogP contribution in [0.4, 0.5) is 4.79 Å². The zero-order valence-corrected chi connectivity index (χ0v) is 16.8. The number of urea groups is 1. The van der Waals surface area contributed by atoms with Gasteiger partial charge in [-0.15, -0.1) is 10.2 Å². The molecule has 2 rings (SSSR count). The number of aromatic nitrogens is 3. The number of amides is 3. The van der Waals surface area contributed by atoms with Crippen LogP contribution in [-0.4, -0.2) is 45.8 Å². The number of thioether (sulfide) groups is 1. The summed E-state index contributed by atoms with van der Waals surface area (Å²) in [4.78, 5) is 36.1. The van der Waals surface area contributed by atoms with E-state index in [1.165, 1.54) is 0 Å². The molecule has 10 heteroatoms. The van der Waals surface area contributed by atoms with Gasteiger partial charge in [-0.2, -0.15) is 0 Å². The third kappa shape index (κ3) is 5.81. The highest BCUT2D eigenvalue weighted by Crippen LogP contribution is 2.34. The van der Waals surface area contributed by atoms with Crippen LogP contribution in [0.3, 0.4) is 0 Å². The lowest BCUT2D eigenvalue weighted by Gasteiger charge is -2.16. The Bertz CT molecular complexity index is 825. The topological polar surface area (TPSA) is 115 Å². The van der Waals surface area contributed by atoms with Gasteiger partial charge >= 0.3 is 12.0 Å². The van der Waals surface area contributed by atoms with Crippen LogP contribution in [-0.2, 0) is 27.8 Å². The Kier molecular flexibility index (Phi) is 8.00. The molecule has 1 heterocycles. The van der Waals surface area contributed by atoms with Gasteiger partial charge in [-0.1, -0.05) is 42.1 Å². The van der Waals surface area contributed by atoms with Crippen molar-refractivity contribution in [3.05, 3.63) is 41.7 Å². The first kappa shape index (κ1) is 21.4. The second kappa shape index (κ2) is 10.5. The minimum absolute atomic E-state index is 0.0149. The molecule has 1 aromatic carbocycles. The van der Waals surface area contributed by atoms with Gasteiger partial charge < -0.3 is 14.6 Å². The van der Waals surface area contributed by atoms with Crippen molar-refractivity contribution < 1.29 is 19.1 Å². The fourth-order valence-electron chi connectivity index (χ4n) is 2.33. The van der Waals surface area contributed by atoms with Crippen molar-refractivity contribution in [1.82, 2.24) is 25.4 Å². The second-order valence-corrected chi connectivity index (χ2v) is 6.77. The minimum atomic E-state index is -0.720. The normalized spacial score (nSPS) is 11.5. The van der Waals surface area contributed by atoms with Gasteiger partial charge in [0.25, 0.3) is 0 Å². The third-order valence-corrected chi connectivity index (χ3v) is 4.96. The number of ether oxygens (including phenoxy) is 1. The van der Waals surface area contributed by atoms with E-state index in [0.717, 1.165) is 11.8 Å². The molecule has 0 spiro atoms. The average molecular weight is 405 g/mol. The number of hydrogen-bond donors (Lipinski definition) is 2. The standard InChI is InChI=1S/C18H23N5O4S/c1-4-19-17(26)20-16(25)15(12-9-7-6-8-10-12)28-18-22-21-13(23(18)3)11-14(24)27-5-2/h6-10,15H,4-5,11H2,1-3H3,(H2,19,20,25,26)/t15-/m0/s1.